The molecule has 0 aliphatic rings. The van der Waals surface area contributed by atoms with Gasteiger partial charge in [0.15, 0.2) is 0 Å². The molecule has 0 spiro atoms. The summed E-state index contributed by atoms with van der Waals surface area (Å²) in [6, 6.07) is 16.7. The topological polar surface area (TPSA) is 29.1 Å². The Labute approximate surface area is 127 Å². The standard InChI is InChI=1S/C16H19NOS2/c1-19-16-8-6-13(7-9-16)11-17-15-5-3-4-14(10-15)12-20(2)18/h3-10,17H,11-12H2,1-2H3/t20-/m0/s1. The number of anilines is 1. The molecule has 0 fully saturated rings. The Balaban J connectivity index is 1.97. The molecule has 0 bridgehead atoms. The zero-order valence-electron chi connectivity index (χ0n) is 11.8. The van der Waals surface area contributed by atoms with E-state index in [2.05, 4.69) is 41.9 Å². The van der Waals surface area contributed by atoms with Gasteiger partial charge < -0.3 is 5.32 Å². The minimum absolute atomic E-state index is 0.609. The predicted octanol–water partition coefficient (Wildman–Crippen LogP) is 3.90. The number of nitrogens with one attached hydrogen (secondary N) is 1. The summed E-state index contributed by atoms with van der Waals surface area (Å²) in [5.41, 5.74) is 3.43. The predicted molar refractivity (Wildman–Crippen MR) is 89.8 cm³/mol. The van der Waals surface area contributed by atoms with E-state index >= 15 is 0 Å². The van der Waals surface area contributed by atoms with Gasteiger partial charge in [0.25, 0.3) is 0 Å². The maximum absolute atomic E-state index is 11.3. The maximum atomic E-state index is 11.3. The average molecular weight is 305 g/mol. The molecule has 0 saturated carbocycles. The minimum atomic E-state index is -0.799. The van der Waals surface area contributed by atoms with E-state index in [1.165, 1.54) is 10.5 Å². The van der Waals surface area contributed by atoms with Gasteiger partial charge in [0.2, 0.25) is 0 Å². The third-order valence-electron chi connectivity index (χ3n) is 2.95. The smallest absolute Gasteiger partial charge is 0.0483 e. The third-order valence-corrected chi connectivity index (χ3v) is 4.44. The summed E-state index contributed by atoms with van der Waals surface area (Å²) in [5.74, 6) is 0.609. The van der Waals surface area contributed by atoms with Crippen LogP contribution in [0.25, 0.3) is 0 Å². The third kappa shape index (κ3) is 4.69. The first-order chi connectivity index (χ1) is 9.67. The van der Waals surface area contributed by atoms with Gasteiger partial charge in [-0.05, 0) is 41.6 Å². The van der Waals surface area contributed by atoms with Crippen molar-refractivity contribution < 1.29 is 4.21 Å². The van der Waals surface area contributed by atoms with Gasteiger partial charge in [-0.2, -0.15) is 0 Å². The summed E-state index contributed by atoms with van der Waals surface area (Å²) in [6.45, 7) is 0.799. The highest BCUT2D eigenvalue weighted by Crippen LogP contribution is 2.17. The average Bonchev–Trinajstić information content (AvgIpc) is 2.45. The SMILES string of the molecule is CSc1ccc(CNc2cccc(C[S@](C)=O)c2)cc1. The van der Waals surface area contributed by atoms with Gasteiger partial charge in [-0.1, -0.05) is 24.3 Å². The first-order valence-corrected chi connectivity index (χ1v) is 9.38. The lowest BCUT2D eigenvalue weighted by molar-refractivity contribution is 0.686. The van der Waals surface area contributed by atoms with E-state index in [1.807, 2.05) is 18.2 Å². The van der Waals surface area contributed by atoms with Gasteiger partial charge in [0.05, 0.1) is 0 Å². The van der Waals surface area contributed by atoms with Crippen molar-refractivity contribution in [3.8, 4) is 0 Å². The normalized spacial score (nSPS) is 12.1. The molecule has 0 heterocycles. The molecule has 2 aromatic carbocycles. The van der Waals surface area contributed by atoms with E-state index in [9.17, 15) is 4.21 Å². The van der Waals surface area contributed by atoms with Crippen LogP contribution in [0.5, 0.6) is 0 Å². The van der Waals surface area contributed by atoms with E-state index in [0.717, 1.165) is 17.8 Å². The number of hydrogen-bond acceptors (Lipinski definition) is 3. The van der Waals surface area contributed by atoms with Crippen molar-refractivity contribution in [3.05, 3.63) is 59.7 Å². The molecule has 2 nitrogen and oxygen atoms in total. The van der Waals surface area contributed by atoms with Gasteiger partial charge >= 0.3 is 0 Å². The largest absolute Gasteiger partial charge is 0.381 e. The fourth-order valence-electron chi connectivity index (χ4n) is 1.95. The quantitative estimate of drug-likeness (QED) is 0.821. The van der Waals surface area contributed by atoms with Crippen LogP contribution in [0, 0.1) is 0 Å². The van der Waals surface area contributed by atoms with Crippen molar-refractivity contribution in [2.75, 3.05) is 17.8 Å². The molecule has 20 heavy (non-hydrogen) atoms. The summed E-state index contributed by atoms with van der Waals surface area (Å²) < 4.78 is 11.3. The number of benzene rings is 2. The van der Waals surface area contributed by atoms with E-state index in [-0.39, 0.29) is 0 Å². The van der Waals surface area contributed by atoms with Crippen molar-refractivity contribution in [1.82, 2.24) is 0 Å². The Morgan fingerprint density at radius 2 is 1.85 bits per heavy atom. The van der Waals surface area contributed by atoms with Crippen LogP contribution in [0.4, 0.5) is 5.69 Å². The lowest BCUT2D eigenvalue weighted by Gasteiger charge is -2.08. The Bertz CT molecular complexity index is 581. The van der Waals surface area contributed by atoms with Gasteiger partial charge in [-0.15, -0.1) is 11.8 Å². The molecule has 2 aromatic rings. The molecule has 2 rings (SSSR count). The number of rotatable bonds is 6. The van der Waals surface area contributed by atoms with Gasteiger partial charge in [0, 0.05) is 39.9 Å². The van der Waals surface area contributed by atoms with Crippen molar-refractivity contribution in [1.29, 1.82) is 0 Å². The zero-order chi connectivity index (χ0) is 14.4. The lowest BCUT2D eigenvalue weighted by Crippen LogP contribution is -2.00. The van der Waals surface area contributed by atoms with Gasteiger partial charge in [0.1, 0.15) is 0 Å². The second-order valence-electron chi connectivity index (χ2n) is 4.62. The molecule has 0 amide bonds. The highest BCUT2D eigenvalue weighted by molar-refractivity contribution is 7.98. The van der Waals surface area contributed by atoms with Crippen molar-refractivity contribution in [2.45, 2.75) is 17.2 Å². The fraction of sp³-hybridized carbons (Fsp3) is 0.250. The molecule has 0 aliphatic carbocycles. The highest BCUT2D eigenvalue weighted by Gasteiger charge is 1.99. The summed E-state index contributed by atoms with van der Waals surface area (Å²) >= 11 is 1.75. The van der Waals surface area contributed by atoms with Crippen LogP contribution in [-0.4, -0.2) is 16.7 Å². The molecule has 0 radical (unpaired) electrons. The Kier molecular flexibility index (Phi) is 5.68. The Morgan fingerprint density at radius 3 is 2.50 bits per heavy atom. The molecule has 1 atom stereocenters. The molecule has 0 aromatic heterocycles. The van der Waals surface area contributed by atoms with E-state index in [4.69, 9.17) is 0 Å². The second-order valence-corrected chi connectivity index (χ2v) is 6.93. The fourth-order valence-corrected chi connectivity index (χ4v) is 3.01. The Hall–Kier alpha value is -1.26. The van der Waals surface area contributed by atoms with Crippen LogP contribution in [0.2, 0.25) is 0 Å². The Morgan fingerprint density at radius 1 is 1.10 bits per heavy atom. The highest BCUT2D eigenvalue weighted by atomic mass is 32.2. The monoisotopic (exact) mass is 305 g/mol. The summed E-state index contributed by atoms with van der Waals surface area (Å²) in [7, 11) is -0.799. The molecule has 0 saturated heterocycles. The van der Waals surface area contributed by atoms with Crippen LogP contribution in [0.15, 0.2) is 53.4 Å². The van der Waals surface area contributed by atoms with Crippen molar-refractivity contribution in [2.24, 2.45) is 0 Å². The van der Waals surface area contributed by atoms with E-state index < -0.39 is 10.8 Å². The van der Waals surface area contributed by atoms with Crippen LogP contribution in [-0.2, 0) is 23.1 Å². The molecule has 0 aliphatic heterocycles. The first kappa shape index (κ1) is 15.1. The first-order valence-electron chi connectivity index (χ1n) is 6.43. The molecule has 0 unspecified atom stereocenters. The van der Waals surface area contributed by atoms with E-state index in [1.54, 1.807) is 18.0 Å². The van der Waals surface area contributed by atoms with Crippen LogP contribution in [0.3, 0.4) is 0 Å². The van der Waals surface area contributed by atoms with Crippen LogP contribution in [0.1, 0.15) is 11.1 Å². The van der Waals surface area contributed by atoms with Gasteiger partial charge in [-0.3, -0.25) is 4.21 Å². The number of thioether (sulfide) groups is 1. The molecular formula is C16H19NOS2. The summed E-state index contributed by atoms with van der Waals surface area (Å²) in [4.78, 5) is 1.28. The van der Waals surface area contributed by atoms with Crippen molar-refractivity contribution in [3.63, 3.8) is 0 Å². The minimum Gasteiger partial charge on any atom is -0.381 e. The van der Waals surface area contributed by atoms with Crippen LogP contribution < -0.4 is 5.32 Å². The van der Waals surface area contributed by atoms with Gasteiger partial charge in [-0.25, -0.2) is 0 Å². The second kappa shape index (κ2) is 7.50. The van der Waals surface area contributed by atoms with Crippen molar-refractivity contribution >= 4 is 28.2 Å². The molecule has 1 N–H and O–H groups in total. The molecule has 106 valence electrons. The van der Waals surface area contributed by atoms with E-state index in [0.29, 0.717) is 5.75 Å². The number of hydrogen-bond donors (Lipinski definition) is 1. The lowest BCUT2D eigenvalue weighted by atomic mass is 10.2. The molecule has 4 heteroatoms. The molecular weight excluding hydrogens is 286 g/mol. The summed E-state index contributed by atoms with van der Waals surface area (Å²) in [5, 5.41) is 3.41. The maximum Gasteiger partial charge on any atom is 0.0483 e. The zero-order valence-corrected chi connectivity index (χ0v) is 13.4. The summed E-state index contributed by atoms with van der Waals surface area (Å²) in [6.07, 6.45) is 3.81. The van der Waals surface area contributed by atoms with Crippen LogP contribution >= 0.6 is 11.8 Å².